The average Bonchev–Trinajstić information content (AvgIpc) is 2.79. The van der Waals surface area contributed by atoms with Gasteiger partial charge in [0.2, 0.25) is 0 Å². The first-order chi connectivity index (χ1) is 15.1. The number of aromatic nitrogens is 1. The van der Waals surface area contributed by atoms with Crippen molar-refractivity contribution in [3.63, 3.8) is 0 Å². The van der Waals surface area contributed by atoms with Gasteiger partial charge in [0.25, 0.3) is 0 Å². The number of carbonyl (C=O) groups is 1. The van der Waals surface area contributed by atoms with Crippen molar-refractivity contribution in [1.82, 2.24) is 10.3 Å². The van der Waals surface area contributed by atoms with Crippen molar-refractivity contribution in [2.75, 3.05) is 23.7 Å². The average molecular weight is 437 g/mol. The number of anilines is 2. The maximum absolute atomic E-state index is 11.1. The summed E-state index contributed by atoms with van der Waals surface area (Å²) < 4.78 is 0. The SMILES string of the molecule is O=C(O)Cc1cccc(CCN[C@H](c2ccccc2)[C@H]2CNc3cccnc3N2)c1Cl. The van der Waals surface area contributed by atoms with Crippen molar-refractivity contribution in [2.45, 2.75) is 24.9 Å². The Morgan fingerprint density at radius 2 is 1.94 bits per heavy atom. The Hall–Kier alpha value is -3.09. The molecule has 0 amide bonds. The number of rotatable bonds is 8. The number of hydrogen-bond donors (Lipinski definition) is 4. The van der Waals surface area contributed by atoms with E-state index in [2.05, 4.69) is 33.1 Å². The molecule has 0 saturated heterocycles. The van der Waals surface area contributed by atoms with Crippen molar-refractivity contribution in [3.8, 4) is 0 Å². The Labute approximate surface area is 186 Å². The van der Waals surface area contributed by atoms with E-state index in [-0.39, 0.29) is 18.5 Å². The number of halogens is 1. The Morgan fingerprint density at radius 3 is 2.74 bits per heavy atom. The summed E-state index contributed by atoms with van der Waals surface area (Å²) in [4.78, 5) is 15.5. The molecule has 3 aromatic rings. The van der Waals surface area contributed by atoms with E-state index in [1.54, 1.807) is 12.3 Å². The van der Waals surface area contributed by atoms with E-state index < -0.39 is 5.97 Å². The lowest BCUT2D eigenvalue weighted by atomic mass is 9.97. The molecule has 0 unspecified atom stereocenters. The molecule has 1 aromatic heterocycles. The second kappa shape index (κ2) is 9.81. The number of nitrogens with zero attached hydrogens (tertiary/aromatic N) is 1. The van der Waals surface area contributed by atoms with Gasteiger partial charge in [-0.3, -0.25) is 4.79 Å². The fourth-order valence-electron chi connectivity index (χ4n) is 3.95. The molecule has 0 spiro atoms. The van der Waals surface area contributed by atoms with Gasteiger partial charge in [0.15, 0.2) is 0 Å². The lowest BCUT2D eigenvalue weighted by molar-refractivity contribution is -0.136. The molecule has 2 atom stereocenters. The largest absolute Gasteiger partial charge is 0.481 e. The fraction of sp³-hybridized carbons (Fsp3) is 0.250. The smallest absolute Gasteiger partial charge is 0.307 e. The molecule has 0 saturated carbocycles. The van der Waals surface area contributed by atoms with E-state index in [1.807, 2.05) is 42.5 Å². The third-order valence-corrected chi connectivity index (χ3v) is 5.95. The Balaban J connectivity index is 1.48. The molecule has 2 heterocycles. The van der Waals surface area contributed by atoms with Crippen LogP contribution in [0.25, 0.3) is 0 Å². The molecule has 2 aromatic carbocycles. The van der Waals surface area contributed by atoms with Gasteiger partial charge in [-0.1, -0.05) is 60.1 Å². The normalized spacial score (nSPS) is 16.0. The zero-order chi connectivity index (χ0) is 21.6. The predicted octanol–water partition coefficient (Wildman–Crippen LogP) is 4.14. The summed E-state index contributed by atoms with van der Waals surface area (Å²) in [5.41, 5.74) is 3.79. The van der Waals surface area contributed by atoms with Crippen LogP contribution in [0.15, 0.2) is 66.9 Å². The molecule has 0 radical (unpaired) electrons. The van der Waals surface area contributed by atoms with E-state index in [4.69, 9.17) is 16.7 Å². The van der Waals surface area contributed by atoms with Gasteiger partial charge in [0.05, 0.1) is 24.2 Å². The lowest BCUT2D eigenvalue weighted by Gasteiger charge is -2.34. The number of aliphatic carboxylic acids is 1. The van der Waals surface area contributed by atoms with Gasteiger partial charge in [0.1, 0.15) is 5.82 Å². The zero-order valence-corrected chi connectivity index (χ0v) is 17.8. The summed E-state index contributed by atoms with van der Waals surface area (Å²) in [6, 6.07) is 20.0. The van der Waals surface area contributed by atoms with Crippen molar-refractivity contribution in [3.05, 3.63) is 88.6 Å². The molecule has 31 heavy (non-hydrogen) atoms. The maximum Gasteiger partial charge on any atom is 0.307 e. The highest BCUT2D eigenvalue weighted by atomic mass is 35.5. The first kappa shape index (κ1) is 21.2. The van der Waals surface area contributed by atoms with Crippen LogP contribution >= 0.6 is 11.6 Å². The van der Waals surface area contributed by atoms with Crippen molar-refractivity contribution in [1.29, 1.82) is 0 Å². The number of nitrogens with one attached hydrogen (secondary N) is 3. The summed E-state index contributed by atoms with van der Waals surface area (Å²) in [7, 11) is 0. The highest BCUT2D eigenvalue weighted by molar-refractivity contribution is 6.32. The molecular formula is C24H25ClN4O2. The Morgan fingerprint density at radius 1 is 1.13 bits per heavy atom. The van der Waals surface area contributed by atoms with Crippen LogP contribution in [0.5, 0.6) is 0 Å². The van der Waals surface area contributed by atoms with Gasteiger partial charge in [-0.15, -0.1) is 0 Å². The molecule has 4 rings (SSSR count). The monoisotopic (exact) mass is 436 g/mol. The highest BCUT2D eigenvalue weighted by Crippen LogP contribution is 2.28. The summed E-state index contributed by atoms with van der Waals surface area (Å²) in [6.45, 7) is 1.46. The van der Waals surface area contributed by atoms with E-state index in [0.717, 1.165) is 23.6 Å². The summed E-state index contributed by atoms with van der Waals surface area (Å²) in [5.74, 6) is -0.0306. The molecule has 6 nitrogen and oxygen atoms in total. The first-order valence-electron chi connectivity index (χ1n) is 10.3. The van der Waals surface area contributed by atoms with Crippen LogP contribution in [0.4, 0.5) is 11.5 Å². The highest BCUT2D eigenvalue weighted by Gasteiger charge is 2.27. The van der Waals surface area contributed by atoms with E-state index >= 15 is 0 Å². The molecule has 1 aliphatic heterocycles. The van der Waals surface area contributed by atoms with Gasteiger partial charge >= 0.3 is 5.97 Å². The minimum atomic E-state index is -0.883. The van der Waals surface area contributed by atoms with Crippen molar-refractivity contribution in [2.24, 2.45) is 0 Å². The quantitative estimate of drug-likeness (QED) is 0.424. The molecule has 160 valence electrons. The number of hydrogen-bond acceptors (Lipinski definition) is 5. The number of benzene rings is 2. The third kappa shape index (κ3) is 5.16. The second-order valence-corrected chi connectivity index (χ2v) is 7.96. The number of pyridine rings is 1. The van der Waals surface area contributed by atoms with Crippen LogP contribution in [-0.4, -0.2) is 35.2 Å². The van der Waals surface area contributed by atoms with Crippen molar-refractivity contribution >= 4 is 29.1 Å². The maximum atomic E-state index is 11.1. The first-order valence-corrected chi connectivity index (χ1v) is 10.7. The van der Waals surface area contributed by atoms with Crippen LogP contribution in [-0.2, 0) is 17.6 Å². The summed E-state index contributed by atoms with van der Waals surface area (Å²) in [6.07, 6.45) is 2.41. The minimum Gasteiger partial charge on any atom is -0.481 e. The van der Waals surface area contributed by atoms with E-state index in [0.29, 0.717) is 23.6 Å². The standard InChI is InChI=1S/C24H25ClN4O2/c25-22-16(8-4-9-18(22)14-21(30)31)11-13-26-23(17-6-2-1-3-7-17)20-15-28-19-10-5-12-27-24(19)29-20/h1-10,12,20,23,26,28H,11,13-15H2,(H,27,29)(H,30,31)/t20-,23-/m1/s1. The topological polar surface area (TPSA) is 86.3 Å². The van der Waals surface area contributed by atoms with Crippen LogP contribution in [0, 0.1) is 0 Å². The fourth-order valence-corrected chi connectivity index (χ4v) is 4.24. The van der Waals surface area contributed by atoms with Crippen LogP contribution in [0.1, 0.15) is 22.7 Å². The lowest BCUT2D eigenvalue weighted by Crippen LogP contribution is -2.44. The molecule has 7 heteroatoms. The van der Waals surface area contributed by atoms with E-state index in [9.17, 15) is 4.79 Å². The molecule has 4 N–H and O–H groups in total. The minimum absolute atomic E-state index is 0.0600. The van der Waals surface area contributed by atoms with Gasteiger partial charge < -0.3 is 21.1 Å². The third-order valence-electron chi connectivity index (χ3n) is 5.46. The number of carboxylic acid groups (broad SMARTS) is 1. The van der Waals surface area contributed by atoms with Crippen LogP contribution in [0.3, 0.4) is 0 Å². The Bertz CT molecular complexity index is 1040. The molecular weight excluding hydrogens is 412 g/mol. The van der Waals surface area contributed by atoms with Gasteiger partial charge in [-0.2, -0.15) is 0 Å². The number of carboxylic acids is 1. The van der Waals surface area contributed by atoms with Gasteiger partial charge in [0, 0.05) is 17.8 Å². The molecule has 0 fully saturated rings. The molecule has 0 aliphatic carbocycles. The summed E-state index contributed by atoms with van der Waals surface area (Å²) in [5, 5.41) is 20.3. The number of fused-ring (bicyclic) bond motifs is 1. The van der Waals surface area contributed by atoms with Crippen LogP contribution in [0.2, 0.25) is 5.02 Å². The predicted molar refractivity (Wildman–Crippen MR) is 124 cm³/mol. The molecule has 0 bridgehead atoms. The van der Waals surface area contributed by atoms with Crippen LogP contribution < -0.4 is 16.0 Å². The second-order valence-electron chi connectivity index (χ2n) is 7.58. The molecule has 1 aliphatic rings. The van der Waals surface area contributed by atoms with Gasteiger partial charge in [-0.25, -0.2) is 4.98 Å². The summed E-state index contributed by atoms with van der Waals surface area (Å²) >= 11 is 6.47. The Kier molecular flexibility index (Phi) is 6.70. The van der Waals surface area contributed by atoms with Crippen molar-refractivity contribution < 1.29 is 9.90 Å². The van der Waals surface area contributed by atoms with E-state index in [1.165, 1.54) is 5.56 Å². The zero-order valence-electron chi connectivity index (χ0n) is 17.0. The van der Waals surface area contributed by atoms with Gasteiger partial charge in [-0.05, 0) is 41.8 Å².